The van der Waals surface area contributed by atoms with Crippen LogP contribution in [0, 0.1) is 5.82 Å². The number of imidazole rings is 1. The standard InChI is InChI=1S/C24H24F3N7O3/c1-3-34-18-12-15(19-30-32-33-31-19)21(36-2)28-20(18)29-22(34)24(35,13-7-5-4-6-8-13)16-10-9-14(11-17(16)25)37-23(26)27/h4-12,19,23,30-33,35H,3H2,1-2H3. The molecule has 2 aromatic carbocycles. The van der Waals surface area contributed by atoms with Crippen LogP contribution in [0.15, 0.2) is 54.6 Å². The van der Waals surface area contributed by atoms with E-state index in [4.69, 9.17) is 4.74 Å². The summed E-state index contributed by atoms with van der Waals surface area (Å²) in [4.78, 5) is 9.17. The lowest BCUT2D eigenvalue weighted by atomic mass is 9.85. The van der Waals surface area contributed by atoms with Crippen molar-refractivity contribution in [3.63, 3.8) is 0 Å². The number of pyridine rings is 1. The molecule has 0 spiro atoms. The molecule has 5 N–H and O–H groups in total. The Morgan fingerprint density at radius 3 is 2.43 bits per heavy atom. The van der Waals surface area contributed by atoms with Crippen molar-refractivity contribution in [3.8, 4) is 11.6 Å². The van der Waals surface area contributed by atoms with Gasteiger partial charge >= 0.3 is 6.61 Å². The molecule has 37 heavy (non-hydrogen) atoms. The summed E-state index contributed by atoms with van der Waals surface area (Å²) in [5.74, 6) is -0.932. The SMILES string of the molecule is CCn1c(C(O)(c2ccccc2)c2ccc(OC(F)F)cc2F)nc2nc(OC)c(C3NNNN3)cc21. The quantitative estimate of drug-likeness (QED) is 0.241. The monoisotopic (exact) mass is 515 g/mol. The fourth-order valence-electron chi connectivity index (χ4n) is 4.47. The van der Waals surface area contributed by atoms with Crippen LogP contribution in [-0.4, -0.2) is 33.4 Å². The molecule has 0 saturated carbocycles. The van der Waals surface area contributed by atoms with Crippen molar-refractivity contribution >= 4 is 11.2 Å². The number of alkyl halides is 2. The maximum absolute atomic E-state index is 15.5. The van der Waals surface area contributed by atoms with Crippen LogP contribution in [0.2, 0.25) is 0 Å². The second-order valence-corrected chi connectivity index (χ2v) is 8.18. The van der Waals surface area contributed by atoms with E-state index in [-0.39, 0.29) is 22.8 Å². The summed E-state index contributed by atoms with van der Waals surface area (Å²) in [7, 11) is 1.48. The average Bonchev–Trinajstić information content (AvgIpc) is 3.55. The number of benzene rings is 2. The first-order chi connectivity index (χ1) is 17.9. The number of aromatic nitrogens is 3. The lowest BCUT2D eigenvalue weighted by Gasteiger charge is -2.30. The molecule has 5 rings (SSSR count). The number of hydrogen-bond donors (Lipinski definition) is 5. The Hall–Kier alpha value is -3.75. The molecule has 1 atom stereocenters. The highest BCUT2D eigenvalue weighted by Crippen LogP contribution is 2.40. The van der Waals surface area contributed by atoms with Crippen molar-refractivity contribution in [1.82, 2.24) is 36.5 Å². The van der Waals surface area contributed by atoms with Crippen molar-refractivity contribution in [2.75, 3.05) is 7.11 Å². The number of hydrazine groups is 3. The van der Waals surface area contributed by atoms with Crippen molar-refractivity contribution in [2.24, 2.45) is 0 Å². The van der Waals surface area contributed by atoms with Crippen LogP contribution in [0.25, 0.3) is 11.2 Å². The molecule has 1 fully saturated rings. The Bertz CT molecular complexity index is 1410. The highest BCUT2D eigenvalue weighted by atomic mass is 19.3. The third-order valence-corrected chi connectivity index (χ3v) is 6.12. The van der Waals surface area contributed by atoms with E-state index in [1.54, 1.807) is 34.9 Å². The summed E-state index contributed by atoms with van der Waals surface area (Å²) in [5, 5.41) is 12.3. The lowest BCUT2D eigenvalue weighted by Crippen LogP contribution is -2.33. The number of halogens is 3. The van der Waals surface area contributed by atoms with E-state index in [1.807, 2.05) is 13.0 Å². The van der Waals surface area contributed by atoms with E-state index in [9.17, 15) is 13.9 Å². The van der Waals surface area contributed by atoms with Crippen LogP contribution in [-0.2, 0) is 12.1 Å². The zero-order valence-corrected chi connectivity index (χ0v) is 19.8. The van der Waals surface area contributed by atoms with Gasteiger partial charge in [-0.2, -0.15) is 24.8 Å². The van der Waals surface area contributed by atoms with Crippen LogP contribution in [0.4, 0.5) is 13.2 Å². The maximum Gasteiger partial charge on any atom is 0.387 e. The fourth-order valence-corrected chi connectivity index (χ4v) is 4.47. The Balaban J connectivity index is 1.75. The van der Waals surface area contributed by atoms with Gasteiger partial charge in [0.05, 0.1) is 18.2 Å². The predicted molar refractivity (Wildman–Crippen MR) is 127 cm³/mol. The molecular formula is C24H24F3N7O3. The van der Waals surface area contributed by atoms with Crippen molar-refractivity contribution in [2.45, 2.75) is 31.8 Å². The van der Waals surface area contributed by atoms with Crippen LogP contribution in [0.1, 0.15) is 35.6 Å². The van der Waals surface area contributed by atoms with Gasteiger partial charge in [0.2, 0.25) is 5.88 Å². The molecule has 0 amide bonds. The molecule has 3 heterocycles. The molecule has 2 aromatic heterocycles. The number of ether oxygens (including phenoxy) is 2. The van der Waals surface area contributed by atoms with Gasteiger partial charge in [-0.3, -0.25) is 0 Å². The van der Waals surface area contributed by atoms with Gasteiger partial charge in [0, 0.05) is 18.2 Å². The van der Waals surface area contributed by atoms with Gasteiger partial charge in [-0.05, 0) is 30.7 Å². The number of hydrogen-bond acceptors (Lipinski definition) is 9. The van der Waals surface area contributed by atoms with Gasteiger partial charge in [0.15, 0.2) is 17.1 Å². The number of aryl methyl sites for hydroxylation is 1. The molecule has 1 aliphatic rings. The number of fused-ring (bicyclic) bond motifs is 1. The number of aliphatic hydroxyl groups is 1. The van der Waals surface area contributed by atoms with E-state index in [1.165, 1.54) is 19.2 Å². The molecule has 13 heteroatoms. The second-order valence-electron chi connectivity index (χ2n) is 8.18. The number of methoxy groups -OCH3 is 1. The Morgan fingerprint density at radius 1 is 1.08 bits per heavy atom. The summed E-state index contributed by atoms with van der Waals surface area (Å²) in [6, 6.07) is 13.4. The normalized spacial score (nSPS) is 15.9. The zero-order valence-electron chi connectivity index (χ0n) is 19.8. The number of nitrogens with zero attached hydrogens (tertiary/aromatic N) is 3. The van der Waals surface area contributed by atoms with E-state index in [0.29, 0.717) is 29.1 Å². The minimum Gasteiger partial charge on any atom is -0.481 e. The van der Waals surface area contributed by atoms with Crippen molar-refractivity contribution in [1.29, 1.82) is 0 Å². The minimum absolute atomic E-state index is 0.0907. The molecule has 1 unspecified atom stereocenters. The van der Waals surface area contributed by atoms with Crippen LogP contribution in [0.5, 0.6) is 11.6 Å². The van der Waals surface area contributed by atoms with Gasteiger partial charge in [-0.1, -0.05) is 30.3 Å². The molecule has 1 saturated heterocycles. The van der Waals surface area contributed by atoms with Crippen LogP contribution in [0.3, 0.4) is 0 Å². The summed E-state index contributed by atoms with van der Waals surface area (Å²) < 4.78 is 52.4. The average molecular weight is 515 g/mol. The fraction of sp³-hybridized carbons (Fsp3) is 0.250. The third-order valence-electron chi connectivity index (χ3n) is 6.12. The van der Waals surface area contributed by atoms with Gasteiger partial charge < -0.3 is 19.1 Å². The van der Waals surface area contributed by atoms with Gasteiger partial charge in [-0.15, -0.1) is 0 Å². The number of nitrogens with one attached hydrogen (secondary N) is 4. The van der Waals surface area contributed by atoms with E-state index in [0.717, 1.165) is 6.07 Å². The lowest BCUT2D eigenvalue weighted by molar-refractivity contribution is -0.0500. The molecule has 194 valence electrons. The van der Waals surface area contributed by atoms with Crippen molar-refractivity contribution < 1.29 is 27.8 Å². The Morgan fingerprint density at radius 2 is 1.81 bits per heavy atom. The zero-order chi connectivity index (χ0) is 26.2. The molecular weight excluding hydrogens is 491 g/mol. The smallest absolute Gasteiger partial charge is 0.387 e. The summed E-state index contributed by atoms with van der Waals surface area (Å²) >= 11 is 0. The largest absolute Gasteiger partial charge is 0.481 e. The van der Waals surface area contributed by atoms with Gasteiger partial charge in [0.25, 0.3) is 0 Å². The highest BCUT2D eigenvalue weighted by Gasteiger charge is 2.41. The molecule has 0 radical (unpaired) electrons. The topological polar surface area (TPSA) is 118 Å². The van der Waals surface area contributed by atoms with E-state index < -0.39 is 24.2 Å². The number of rotatable bonds is 8. The summed E-state index contributed by atoms with van der Waals surface area (Å²) in [6.45, 7) is -0.914. The molecule has 0 bridgehead atoms. The van der Waals surface area contributed by atoms with Crippen LogP contribution < -0.4 is 31.4 Å². The molecule has 10 nitrogen and oxygen atoms in total. The first kappa shape index (κ1) is 24.9. The first-order valence-electron chi connectivity index (χ1n) is 11.4. The highest BCUT2D eigenvalue weighted by molar-refractivity contribution is 5.75. The Kier molecular flexibility index (Phi) is 6.70. The summed E-state index contributed by atoms with van der Waals surface area (Å²) in [6.07, 6.45) is -0.400. The minimum atomic E-state index is -3.12. The third kappa shape index (κ3) is 4.36. The van der Waals surface area contributed by atoms with Crippen molar-refractivity contribution in [3.05, 3.63) is 82.9 Å². The molecule has 1 aliphatic heterocycles. The Labute approximate surface area is 209 Å². The molecule has 4 aromatic rings. The van der Waals surface area contributed by atoms with Gasteiger partial charge in [-0.25, -0.2) is 20.2 Å². The van der Waals surface area contributed by atoms with Crippen LogP contribution >= 0.6 is 0 Å². The predicted octanol–water partition coefficient (Wildman–Crippen LogP) is 2.60. The summed E-state index contributed by atoms with van der Waals surface area (Å²) in [5.41, 5.74) is 10.9. The molecule has 0 aliphatic carbocycles. The first-order valence-corrected chi connectivity index (χ1v) is 11.4. The van der Waals surface area contributed by atoms with E-state index >= 15 is 4.39 Å². The van der Waals surface area contributed by atoms with Gasteiger partial charge in [0.1, 0.15) is 17.7 Å². The van der Waals surface area contributed by atoms with E-state index in [2.05, 4.69) is 36.6 Å². The second kappa shape index (κ2) is 9.95. The maximum atomic E-state index is 15.5.